The lowest BCUT2D eigenvalue weighted by atomic mass is 9.77. The Labute approximate surface area is 180 Å². The Bertz CT molecular complexity index is 991. The second-order valence-corrected chi connectivity index (χ2v) is 8.94. The van der Waals surface area contributed by atoms with Crippen LogP contribution >= 0.6 is 0 Å². The first-order valence-electron chi connectivity index (χ1n) is 11.6. The van der Waals surface area contributed by atoms with Crippen LogP contribution in [0.4, 0.5) is 4.39 Å². The van der Waals surface area contributed by atoms with E-state index in [1.165, 1.54) is 49.7 Å². The number of fused-ring (bicyclic) bond motifs is 1. The highest BCUT2D eigenvalue weighted by molar-refractivity contribution is 5.89. The molecule has 0 aliphatic heterocycles. The van der Waals surface area contributed by atoms with Gasteiger partial charge in [0.1, 0.15) is 5.82 Å². The molecular weight excluding hydrogens is 367 g/mol. The van der Waals surface area contributed by atoms with Gasteiger partial charge in [0.2, 0.25) is 0 Å². The molecule has 0 heterocycles. The minimum atomic E-state index is -0.107. The van der Waals surface area contributed by atoms with Gasteiger partial charge in [-0.1, -0.05) is 80.4 Å². The summed E-state index contributed by atoms with van der Waals surface area (Å²) < 4.78 is 15.4. The van der Waals surface area contributed by atoms with Gasteiger partial charge in [0, 0.05) is 10.9 Å². The van der Waals surface area contributed by atoms with Crippen LogP contribution in [0.25, 0.3) is 21.9 Å². The smallest absolute Gasteiger partial charge is 0.138 e. The predicted octanol–water partition coefficient (Wildman–Crippen LogP) is 8.84. The molecule has 0 aromatic heterocycles. The molecule has 0 unspecified atom stereocenters. The van der Waals surface area contributed by atoms with E-state index in [1.54, 1.807) is 0 Å². The van der Waals surface area contributed by atoms with Crippen LogP contribution in [0.5, 0.6) is 0 Å². The number of halogens is 1. The molecule has 30 heavy (non-hydrogen) atoms. The van der Waals surface area contributed by atoms with Gasteiger partial charge < -0.3 is 0 Å². The third kappa shape index (κ3) is 4.51. The van der Waals surface area contributed by atoms with Gasteiger partial charge in [-0.3, -0.25) is 0 Å². The normalized spacial score (nSPS) is 19.1. The third-order valence-electron chi connectivity index (χ3n) is 6.90. The standard InChI is InChI=1S/C29H33F/c1-3-5-7-22-10-14-24(15-11-22)27-19-17-26-20-25(16-18-28(26)29(27)30)23-12-8-21(6-4-2)9-13-23/h3,10-11,14-21,23H,1,4-9,12-13H2,2H3. The number of allylic oxidation sites excluding steroid dienone is 1. The molecule has 1 aliphatic carbocycles. The van der Waals surface area contributed by atoms with E-state index in [1.807, 2.05) is 30.3 Å². The van der Waals surface area contributed by atoms with Crippen LogP contribution in [0, 0.1) is 11.7 Å². The molecule has 0 N–H and O–H groups in total. The largest absolute Gasteiger partial charge is 0.206 e. The van der Waals surface area contributed by atoms with E-state index >= 15 is 4.39 Å². The zero-order valence-electron chi connectivity index (χ0n) is 18.2. The molecule has 0 atom stereocenters. The van der Waals surface area contributed by atoms with Gasteiger partial charge in [-0.2, -0.15) is 0 Å². The van der Waals surface area contributed by atoms with Crippen LogP contribution in [0.3, 0.4) is 0 Å². The molecule has 0 amide bonds. The Kier molecular flexibility index (Phi) is 6.67. The van der Waals surface area contributed by atoms with Crippen molar-refractivity contribution in [3.63, 3.8) is 0 Å². The van der Waals surface area contributed by atoms with Crippen molar-refractivity contribution in [2.75, 3.05) is 0 Å². The van der Waals surface area contributed by atoms with Crippen molar-refractivity contribution in [3.05, 3.63) is 84.2 Å². The molecule has 0 nitrogen and oxygen atoms in total. The Balaban J connectivity index is 1.55. The fourth-order valence-electron chi connectivity index (χ4n) is 5.10. The summed E-state index contributed by atoms with van der Waals surface area (Å²) in [7, 11) is 0. The lowest BCUT2D eigenvalue weighted by Gasteiger charge is -2.28. The van der Waals surface area contributed by atoms with Crippen molar-refractivity contribution in [1.82, 2.24) is 0 Å². The maximum Gasteiger partial charge on any atom is 0.138 e. The summed E-state index contributed by atoms with van der Waals surface area (Å²) in [4.78, 5) is 0. The van der Waals surface area contributed by atoms with Crippen molar-refractivity contribution in [3.8, 4) is 11.1 Å². The molecule has 1 heteroatoms. The maximum absolute atomic E-state index is 15.4. The van der Waals surface area contributed by atoms with Gasteiger partial charge in [-0.05, 0) is 72.4 Å². The van der Waals surface area contributed by atoms with Crippen LogP contribution in [0.2, 0.25) is 0 Å². The molecule has 156 valence electrons. The van der Waals surface area contributed by atoms with Gasteiger partial charge in [0.15, 0.2) is 0 Å². The maximum atomic E-state index is 15.4. The number of aryl methyl sites for hydroxylation is 1. The zero-order chi connectivity index (χ0) is 20.9. The highest BCUT2D eigenvalue weighted by atomic mass is 19.1. The molecular formula is C29H33F. The summed E-state index contributed by atoms with van der Waals surface area (Å²) in [6.45, 7) is 6.07. The molecule has 3 aromatic carbocycles. The Hall–Kier alpha value is -2.41. The lowest BCUT2D eigenvalue weighted by Crippen LogP contribution is -2.13. The van der Waals surface area contributed by atoms with Gasteiger partial charge in [0.05, 0.1) is 0 Å². The first-order valence-corrected chi connectivity index (χ1v) is 11.6. The molecule has 0 spiro atoms. The summed E-state index contributed by atoms with van der Waals surface area (Å²) in [6.07, 6.45) is 11.8. The van der Waals surface area contributed by atoms with Crippen molar-refractivity contribution in [1.29, 1.82) is 0 Å². The molecule has 3 aromatic rings. The lowest BCUT2D eigenvalue weighted by molar-refractivity contribution is 0.308. The van der Waals surface area contributed by atoms with Crippen molar-refractivity contribution >= 4 is 10.8 Å². The quantitative estimate of drug-likeness (QED) is 0.347. The van der Waals surface area contributed by atoms with Crippen molar-refractivity contribution < 1.29 is 4.39 Å². The minimum absolute atomic E-state index is 0.107. The van der Waals surface area contributed by atoms with Crippen LogP contribution in [0.1, 0.15) is 68.9 Å². The molecule has 0 bridgehead atoms. The SMILES string of the molecule is C=CCCc1ccc(-c2ccc3cc(C4CCC(CCC)CC4)ccc3c2F)cc1. The van der Waals surface area contributed by atoms with E-state index in [0.717, 1.165) is 35.1 Å². The van der Waals surface area contributed by atoms with Crippen LogP contribution < -0.4 is 0 Å². The van der Waals surface area contributed by atoms with Crippen LogP contribution in [-0.4, -0.2) is 0 Å². The molecule has 1 saturated carbocycles. The topological polar surface area (TPSA) is 0 Å². The molecule has 1 fully saturated rings. The zero-order valence-corrected chi connectivity index (χ0v) is 18.2. The average molecular weight is 401 g/mol. The average Bonchev–Trinajstić information content (AvgIpc) is 2.79. The summed E-state index contributed by atoms with van der Waals surface area (Å²) >= 11 is 0. The van der Waals surface area contributed by atoms with Gasteiger partial charge in [-0.25, -0.2) is 4.39 Å². The Morgan fingerprint density at radius 1 is 0.967 bits per heavy atom. The first-order chi connectivity index (χ1) is 14.7. The summed E-state index contributed by atoms with van der Waals surface area (Å²) in [6, 6.07) is 18.7. The van der Waals surface area contributed by atoms with E-state index in [2.05, 4.69) is 43.8 Å². The summed E-state index contributed by atoms with van der Waals surface area (Å²) in [5.74, 6) is 1.44. The van der Waals surface area contributed by atoms with Gasteiger partial charge in [0.25, 0.3) is 0 Å². The van der Waals surface area contributed by atoms with Crippen molar-refractivity contribution in [2.45, 2.75) is 64.2 Å². The highest BCUT2D eigenvalue weighted by Gasteiger charge is 2.22. The van der Waals surface area contributed by atoms with E-state index in [4.69, 9.17) is 0 Å². The van der Waals surface area contributed by atoms with E-state index < -0.39 is 0 Å². The van der Waals surface area contributed by atoms with Gasteiger partial charge in [-0.15, -0.1) is 6.58 Å². The van der Waals surface area contributed by atoms with E-state index in [0.29, 0.717) is 11.5 Å². The summed E-state index contributed by atoms with van der Waals surface area (Å²) in [5.41, 5.74) is 4.27. The third-order valence-corrected chi connectivity index (χ3v) is 6.90. The molecule has 4 rings (SSSR count). The number of hydrogen-bond acceptors (Lipinski definition) is 0. The first kappa shape index (κ1) is 20.8. The van der Waals surface area contributed by atoms with Crippen molar-refractivity contribution in [2.24, 2.45) is 5.92 Å². The minimum Gasteiger partial charge on any atom is -0.206 e. The van der Waals surface area contributed by atoms with E-state index in [-0.39, 0.29) is 5.82 Å². The monoisotopic (exact) mass is 400 g/mol. The highest BCUT2D eigenvalue weighted by Crippen LogP contribution is 2.39. The second-order valence-electron chi connectivity index (χ2n) is 8.94. The second kappa shape index (κ2) is 9.60. The molecule has 0 radical (unpaired) electrons. The van der Waals surface area contributed by atoms with Crippen LogP contribution in [-0.2, 0) is 6.42 Å². The van der Waals surface area contributed by atoms with Gasteiger partial charge >= 0.3 is 0 Å². The fourth-order valence-corrected chi connectivity index (χ4v) is 5.10. The Morgan fingerprint density at radius 3 is 2.43 bits per heavy atom. The molecule has 1 aliphatic rings. The number of benzene rings is 3. The predicted molar refractivity (Wildman–Crippen MR) is 127 cm³/mol. The van der Waals surface area contributed by atoms with Crippen LogP contribution in [0.15, 0.2) is 67.3 Å². The fraction of sp³-hybridized carbons (Fsp3) is 0.379. The number of hydrogen-bond donors (Lipinski definition) is 0. The number of rotatable bonds is 7. The summed E-state index contributed by atoms with van der Waals surface area (Å²) in [5, 5.41) is 1.75. The Morgan fingerprint density at radius 2 is 1.73 bits per heavy atom. The van der Waals surface area contributed by atoms with E-state index in [9.17, 15) is 0 Å². The molecule has 0 saturated heterocycles.